The average Bonchev–Trinajstić information content (AvgIpc) is 2.38. The van der Waals surface area contributed by atoms with E-state index in [0.29, 0.717) is 5.56 Å². The van der Waals surface area contributed by atoms with Crippen molar-refractivity contribution in [3.63, 3.8) is 0 Å². The van der Waals surface area contributed by atoms with Crippen LogP contribution in [-0.2, 0) is 15.8 Å². The van der Waals surface area contributed by atoms with E-state index >= 15 is 0 Å². The number of carbonyl (C=O) groups is 1. The van der Waals surface area contributed by atoms with Crippen LogP contribution in [0.15, 0.2) is 24.3 Å². The number of hydrogen-bond acceptors (Lipinski definition) is 4. The van der Waals surface area contributed by atoms with Gasteiger partial charge in [-0.25, -0.2) is 17.5 Å². The first kappa shape index (κ1) is 16.1. The van der Waals surface area contributed by atoms with Crippen molar-refractivity contribution in [3.8, 4) is 6.07 Å². The first-order valence-electron chi connectivity index (χ1n) is 5.92. The van der Waals surface area contributed by atoms with Crippen LogP contribution in [0.3, 0.4) is 0 Å². The molecular weight excluding hydrogens is 280 g/mol. The molecule has 1 aromatic rings. The maximum atomic E-state index is 12.1. The van der Waals surface area contributed by atoms with E-state index in [4.69, 9.17) is 10.4 Å². The summed E-state index contributed by atoms with van der Waals surface area (Å²) >= 11 is 0. The largest absolute Gasteiger partial charge is 0.478 e. The van der Waals surface area contributed by atoms with Crippen molar-refractivity contribution in [1.82, 2.24) is 4.31 Å². The molecule has 7 heteroatoms. The first-order chi connectivity index (χ1) is 9.26. The normalized spacial score (nSPS) is 12.9. The monoisotopic (exact) mass is 296 g/mol. The van der Waals surface area contributed by atoms with Crippen LogP contribution in [0.5, 0.6) is 0 Å². The summed E-state index contributed by atoms with van der Waals surface area (Å²) in [6, 6.07) is 7.78. The molecule has 0 spiro atoms. The standard InChI is InChI=1S/C13H16N2O4S/c1-10(7-14)8-15(2)20(18,19)9-11-4-3-5-12(6-11)13(16)17/h3-6,10H,8-9H2,1-2H3,(H,16,17). The number of nitriles is 1. The third-order valence-electron chi connectivity index (χ3n) is 2.75. The Hall–Kier alpha value is -1.91. The highest BCUT2D eigenvalue weighted by molar-refractivity contribution is 7.88. The molecule has 0 aromatic heterocycles. The molecule has 1 rings (SSSR count). The topological polar surface area (TPSA) is 98.5 Å². The van der Waals surface area contributed by atoms with Crippen LogP contribution < -0.4 is 0 Å². The second-order valence-electron chi connectivity index (χ2n) is 4.57. The highest BCUT2D eigenvalue weighted by atomic mass is 32.2. The predicted octanol–water partition coefficient (Wildman–Crippen LogP) is 1.31. The number of carboxylic acids is 1. The summed E-state index contributed by atoms with van der Waals surface area (Å²) in [4.78, 5) is 10.8. The minimum absolute atomic E-state index is 0.0470. The molecule has 0 bridgehead atoms. The lowest BCUT2D eigenvalue weighted by Gasteiger charge is -2.18. The van der Waals surface area contributed by atoms with Crippen molar-refractivity contribution in [1.29, 1.82) is 5.26 Å². The maximum Gasteiger partial charge on any atom is 0.335 e. The van der Waals surface area contributed by atoms with Crippen LogP contribution >= 0.6 is 0 Å². The van der Waals surface area contributed by atoms with Crippen molar-refractivity contribution in [3.05, 3.63) is 35.4 Å². The third kappa shape index (κ3) is 4.33. The molecule has 1 unspecified atom stereocenters. The van der Waals surface area contributed by atoms with Gasteiger partial charge in [0, 0.05) is 13.6 Å². The quantitative estimate of drug-likeness (QED) is 0.853. The number of carboxylic acid groups (broad SMARTS) is 1. The zero-order chi connectivity index (χ0) is 15.3. The number of rotatable bonds is 6. The fourth-order valence-corrected chi connectivity index (χ4v) is 2.93. The summed E-state index contributed by atoms with van der Waals surface area (Å²) in [7, 11) is -2.16. The molecule has 0 aliphatic rings. The van der Waals surface area contributed by atoms with Gasteiger partial charge < -0.3 is 5.11 Å². The molecule has 0 aliphatic heterocycles. The maximum absolute atomic E-state index is 12.1. The van der Waals surface area contributed by atoms with Gasteiger partial charge in [0.1, 0.15) is 0 Å². The Morgan fingerprint density at radius 3 is 2.70 bits per heavy atom. The van der Waals surface area contributed by atoms with Crippen LogP contribution in [0.4, 0.5) is 0 Å². The van der Waals surface area contributed by atoms with E-state index in [2.05, 4.69) is 0 Å². The van der Waals surface area contributed by atoms with Crippen molar-refractivity contribution in [2.75, 3.05) is 13.6 Å². The summed E-state index contributed by atoms with van der Waals surface area (Å²) in [5, 5.41) is 17.6. The lowest BCUT2D eigenvalue weighted by molar-refractivity contribution is 0.0696. The van der Waals surface area contributed by atoms with Crippen LogP contribution in [0.1, 0.15) is 22.8 Å². The molecule has 20 heavy (non-hydrogen) atoms. The van der Waals surface area contributed by atoms with Gasteiger partial charge in [-0.1, -0.05) is 12.1 Å². The van der Waals surface area contributed by atoms with E-state index in [9.17, 15) is 13.2 Å². The number of sulfonamides is 1. The molecule has 0 heterocycles. The first-order valence-corrected chi connectivity index (χ1v) is 7.53. The number of hydrogen-bond donors (Lipinski definition) is 1. The smallest absolute Gasteiger partial charge is 0.335 e. The molecule has 0 amide bonds. The molecular formula is C13H16N2O4S. The Kier molecular flexibility index (Phi) is 5.25. The van der Waals surface area contributed by atoms with Crippen molar-refractivity contribution < 1.29 is 18.3 Å². The molecule has 0 fully saturated rings. The lowest BCUT2D eigenvalue weighted by Crippen LogP contribution is -2.31. The van der Waals surface area contributed by atoms with Crippen LogP contribution in [0, 0.1) is 17.2 Å². The SMILES string of the molecule is CC(C#N)CN(C)S(=O)(=O)Cc1cccc(C(=O)O)c1. The van der Waals surface area contributed by atoms with Gasteiger partial charge in [0.2, 0.25) is 10.0 Å². The molecule has 0 saturated heterocycles. The molecule has 108 valence electrons. The van der Waals surface area contributed by atoms with Gasteiger partial charge in [0.05, 0.1) is 23.3 Å². The number of nitrogens with zero attached hydrogens (tertiary/aromatic N) is 2. The van der Waals surface area contributed by atoms with Gasteiger partial charge in [-0.05, 0) is 24.6 Å². The summed E-state index contributed by atoms with van der Waals surface area (Å²) in [6.07, 6.45) is 0. The van der Waals surface area contributed by atoms with E-state index in [0.717, 1.165) is 4.31 Å². The van der Waals surface area contributed by atoms with Gasteiger partial charge in [-0.2, -0.15) is 5.26 Å². The lowest BCUT2D eigenvalue weighted by atomic mass is 10.1. The van der Waals surface area contributed by atoms with Gasteiger partial charge in [0.25, 0.3) is 0 Å². The molecule has 0 radical (unpaired) electrons. The molecule has 1 atom stereocenters. The number of aromatic carboxylic acids is 1. The molecule has 0 aliphatic carbocycles. The zero-order valence-electron chi connectivity index (χ0n) is 11.3. The van der Waals surface area contributed by atoms with Crippen LogP contribution in [0.2, 0.25) is 0 Å². The van der Waals surface area contributed by atoms with Gasteiger partial charge in [-0.15, -0.1) is 0 Å². The fraction of sp³-hybridized carbons (Fsp3) is 0.385. The van der Waals surface area contributed by atoms with E-state index in [1.54, 1.807) is 13.0 Å². The Morgan fingerprint density at radius 1 is 1.50 bits per heavy atom. The van der Waals surface area contributed by atoms with Gasteiger partial charge in [-0.3, -0.25) is 0 Å². The van der Waals surface area contributed by atoms with E-state index < -0.39 is 21.9 Å². The van der Waals surface area contributed by atoms with Crippen molar-refractivity contribution >= 4 is 16.0 Å². The second-order valence-corrected chi connectivity index (χ2v) is 6.65. The molecule has 0 saturated carbocycles. The minimum Gasteiger partial charge on any atom is -0.478 e. The average molecular weight is 296 g/mol. The van der Waals surface area contributed by atoms with E-state index in [-0.39, 0.29) is 17.9 Å². The van der Waals surface area contributed by atoms with Crippen molar-refractivity contribution in [2.45, 2.75) is 12.7 Å². The Labute approximate surface area is 118 Å². The van der Waals surface area contributed by atoms with Gasteiger partial charge in [0.15, 0.2) is 0 Å². The minimum atomic E-state index is -3.57. The highest BCUT2D eigenvalue weighted by Crippen LogP contribution is 2.13. The zero-order valence-corrected chi connectivity index (χ0v) is 12.1. The van der Waals surface area contributed by atoms with Gasteiger partial charge >= 0.3 is 5.97 Å². The highest BCUT2D eigenvalue weighted by Gasteiger charge is 2.20. The van der Waals surface area contributed by atoms with Crippen LogP contribution in [-0.4, -0.2) is 37.4 Å². The molecule has 1 N–H and O–H groups in total. The summed E-state index contributed by atoms with van der Waals surface area (Å²) < 4.78 is 25.3. The summed E-state index contributed by atoms with van der Waals surface area (Å²) in [5.74, 6) is -1.79. The van der Waals surface area contributed by atoms with Crippen molar-refractivity contribution in [2.24, 2.45) is 5.92 Å². The Balaban J connectivity index is 2.89. The van der Waals surface area contributed by atoms with E-state index in [1.165, 1.54) is 25.2 Å². The third-order valence-corrected chi connectivity index (χ3v) is 4.55. The number of benzene rings is 1. The molecule has 1 aromatic carbocycles. The summed E-state index contributed by atoms with van der Waals surface area (Å²) in [5.41, 5.74) is 0.451. The van der Waals surface area contributed by atoms with E-state index in [1.807, 2.05) is 6.07 Å². The second kappa shape index (κ2) is 6.50. The Bertz CT molecular complexity index is 634. The molecule has 6 nitrogen and oxygen atoms in total. The Morgan fingerprint density at radius 2 is 2.15 bits per heavy atom. The van der Waals surface area contributed by atoms with Crippen LogP contribution in [0.25, 0.3) is 0 Å². The fourth-order valence-electron chi connectivity index (χ4n) is 1.66. The predicted molar refractivity (Wildman–Crippen MR) is 73.4 cm³/mol. The summed E-state index contributed by atoms with van der Waals surface area (Å²) in [6.45, 7) is 1.74.